The molecule has 0 bridgehead atoms. The Morgan fingerprint density at radius 3 is 1.23 bits per heavy atom. The fraction of sp³-hybridized carbons (Fsp3) is 0. The van der Waals surface area contributed by atoms with Gasteiger partial charge in [0.05, 0.1) is 0 Å². The Hall–Kier alpha value is -0.820. The van der Waals surface area contributed by atoms with E-state index in [0.717, 1.165) is 0 Å². The molecule has 0 heterocycles. The van der Waals surface area contributed by atoms with Gasteiger partial charge in [0.25, 0.3) is 0 Å². The van der Waals surface area contributed by atoms with Crippen LogP contribution in [0.25, 0.3) is 22.3 Å². The summed E-state index contributed by atoms with van der Waals surface area (Å²) in [6, 6.07) is 23.0. The van der Waals surface area contributed by atoms with Gasteiger partial charge in [-0.05, 0) is 23.3 Å². The summed E-state index contributed by atoms with van der Waals surface area (Å²) in [6.07, 6.45) is 0. The third kappa shape index (κ3) is 6.16. The molecule has 0 saturated heterocycles. The van der Waals surface area contributed by atoms with Crippen molar-refractivity contribution < 1.29 is 31.4 Å². The van der Waals surface area contributed by atoms with Gasteiger partial charge in [0.1, 0.15) is 9.79 Å². The Kier molecular flexibility index (Phi) is 11.6. The Morgan fingerprint density at radius 1 is 0.484 bits per heavy atom. The van der Waals surface area contributed by atoms with Crippen LogP contribution < -0.4 is 0 Å². The van der Waals surface area contributed by atoms with Gasteiger partial charge in [-0.15, -0.1) is 3.63 Å². The second-order valence-electron chi connectivity index (χ2n) is 5.93. The van der Waals surface area contributed by atoms with Gasteiger partial charge in [0.15, 0.2) is 0 Å². The van der Waals surface area contributed by atoms with E-state index in [1.807, 2.05) is 0 Å². The molecule has 0 spiro atoms. The molecule has 156 valence electrons. The molecular weight excluding hydrogens is 462 g/mol. The van der Waals surface area contributed by atoms with Crippen LogP contribution in [0.4, 0.5) is 0 Å². The molecule has 0 aromatic carbocycles. The summed E-state index contributed by atoms with van der Waals surface area (Å²) >= 11 is 0. The van der Waals surface area contributed by atoms with Crippen LogP contribution in [0, 0.1) is 0 Å². The molecule has 4 aliphatic rings. The van der Waals surface area contributed by atoms with Crippen LogP contribution in [-0.4, -0.2) is 86.9 Å². The maximum atomic E-state index is 12.7. The van der Waals surface area contributed by atoms with Crippen molar-refractivity contribution in [3.63, 3.8) is 0 Å². The van der Waals surface area contributed by atoms with E-state index in [4.69, 9.17) is 3.63 Å². The van der Waals surface area contributed by atoms with E-state index >= 15 is 0 Å². The Balaban J connectivity index is 0.00000225. The van der Waals surface area contributed by atoms with Crippen LogP contribution in [-0.2, 0) is 23.9 Å². The number of hydrogen-bond acceptors (Lipinski definition) is 5. The van der Waals surface area contributed by atoms with Crippen molar-refractivity contribution in [1.82, 2.24) is 0 Å². The Labute approximate surface area is 225 Å². The topological polar surface area (TPSA) is 141 Å². The zero-order chi connectivity index (χ0) is 19.1. The summed E-state index contributed by atoms with van der Waals surface area (Å²) in [7, 11) is -9.06. The predicted molar refractivity (Wildman–Crippen MR) is 123 cm³/mol. The van der Waals surface area contributed by atoms with Crippen molar-refractivity contribution >= 4 is 79.4 Å². The second-order valence-corrected chi connectivity index (χ2v) is 9.17. The monoisotopic (exact) mass is 482 g/mol. The van der Waals surface area contributed by atoms with Crippen molar-refractivity contribution in [2.24, 2.45) is 0 Å². The van der Waals surface area contributed by atoms with E-state index in [1.165, 1.54) is 12.1 Å². The normalized spacial score (nSPS) is 10.8. The summed E-state index contributed by atoms with van der Waals surface area (Å²) in [5, 5.41) is 0. The van der Waals surface area contributed by atoms with E-state index in [-0.39, 0.29) is 79.9 Å². The first-order valence-corrected chi connectivity index (χ1v) is 10.9. The maximum absolute atomic E-state index is 12.7. The molecule has 0 aromatic rings. The van der Waals surface area contributed by atoms with Crippen molar-refractivity contribution in [3.8, 4) is 22.3 Å². The van der Waals surface area contributed by atoms with Gasteiger partial charge in [-0.2, -0.15) is 16.8 Å². The van der Waals surface area contributed by atoms with Gasteiger partial charge >= 0.3 is 79.4 Å². The van der Waals surface area contributed by atoms with Crippen molar-refractivity contribution in [3.05, 3.63) is 84.9 Å². The van der Waals surface area contributed by atoms with Gasteiger partial charge in [0, 0.05) is 11.1 Å². The molecule has 0 atom stereocenters. The third-order valence-corrected chi connectivity index (χ3v) is 7.44. The fourth-order valence-corrected chi connectivity index (χ4v) is 5.91. The van der Waals surface area contributed by atoms with E-state index in [0.29, 0.717) is 22.3 Å². The molecule has 4 N–H and O–H groups in total. The van der Waals surface area contributed by atoms with Crippen molar-refractivity contribution in [1.29, 1.82) is 0 Å². The average Bonchev–Trinajstić information content (AvgIpc) is 3.03. The minimum absolute atomic E-state index is 0. The Bertz CT molecular complexity index is 1190. The van der Waals surface area contributed by atoms with Crippen molar-refractivity contribution in [2.45, 2.75) is 9.79 Å². The molecule has 0 saturated carbocycles. The van der Waals surface area contributed by atoms with Crippen molar-refractivity contribution in [2.75, 3.05) is 0 Å². The molecule has 0 amide bonds. The SMILES string of the molecule is O.O.O=S(=O)(OS(=O)(=O)c1ccc2cccccc1-2)c1ccc2cccccc1-2.[NaH].[NaH]. The average molecular weight is 482 g/mol. The van der Waals surface area contributed by atoms with E-state index in [2.05, 4.69) is 0 Å². The summed E-state index contributed by atoms with van der Waals surface area (Å²) in [5.41, 5.74) is 2.14. The molecule has 31 heavy (non-hydrogen) atoms. The molecule has 0 radical (unpaired) electrons. The summed E-state index contributed by atoms with van der Waals surface area (Å²) in [4.78, 5) is -0.364. The second kappa shape index (κ2) is 11.9. The minimum atomic E-state index is -4.53. The fourth-order valence-electron chi connectivity index (χ4n) is 3.00. The first-order valence-electron chi connectivity index (χ1n) is 8.05. The Morgan fingerprint density at radius 2 is 0.839 bits per heavy atom. The van der Waals surface area contributed by atoms with Gasteiger partial charge in [0.2, 0.25) is 0 Å². The molecule has 0 fully saturated rings. The van der Waals surface area contributed by atoms with Gasteiger partial charge < -0.3 is 11.0 Å². The predicted octanol–water partition coefficient (Wildman–Crippen LogP) is 1.04. The van der Waals surface area contributed by atoms with Gasteiger partial charge in [-0.3, -0.25) is 0 Å². The van der Waals surface area contributed by atoms with Gasteiger partial charge in [-0.25, -0.2) is 0 Å². The number of hydrogen-bond donors (Lipinski definition) is 0. The zero-order valence-electron chi connectivity index (χ0n) is 14.9. The molecule has 4 rings (SSSR count). The van der Waals surface area contributed by atoms with Crippen LogP contribution in [0.2, 0.25) is 0 Å². The van der Waals surface area contributed by atoms with E-state index < -0.39 is 20.2 Å². The first-order chi connectivity index (χ1) is 12.9. The van der Waals surface area contributed by atoms with Crippen LogP contribution >= 0.6 is 0 Å². The standard InChI is InChI=1S/C20H14O5S2.2Na.2H2O.2H/c21-26(22,19-13-11-15-7-3-1-5-9-17(15)19)25-27(23,24)20-14-12-16-8-4-2-6-10-18(16)20;;;;;;/h1-14H;;;2*1H2;;. The molecule has 7 nitrogen and oxygen atoms in total. The summed E-state index contributed by atoms with van der Waals surface area (Å²) in [6.45, 7) is 0. The third-order valence-electron chi connectivity index (χ3n) is 4.22. The summed E-state index contributed by atoms with van der Waals surface area (Å²) < 4.78 is 55.6. The zero-order valence-corrected chi connectivity index (χ0v) is 16.6. The summed E-state index contributed by atoms with van der Waals surface area (Å²) in [5.74, 6) is 0. The van der Waals surface area contributed by atoms with Crippen LogP contribution in [0.1, 0.15) is 0 Å². The van der Waals surface area contributed by atoms with Gasteiger partial charge in [-0.1, -0.05) is 72.8 Å². The molecule has 4 aliphatic carbocycles. The molecule has 11 heteroatoms. The molecular formula is C20H20Na2O7S2. The first kappa shape index (κ1) is 30.2. The van der Waals surface area contributed by atoms with Crippen LogP contribution in [0.3, 0.4) is 0 Å². The molecule has 0 aliphatic heterocycles. The van der Waals surface area contributed by atoms with E-state index in [9.17, 15) is 16.8 Å². The quantitative estimate of drug-likeness (QED) is 0.400. The molecule has 0 aromatic heterocycles. The number of fused-ring (bicyclic) bond motifs is 2. The van der Waals surface area contributed by atoms with Crippen LogP contribution in [0.15, 0.2) is 94.7 Å². The number of rotatable bonds is 4. The molecule has 0 unspecified atom stereocenters. The van der Waals surface area contributed by atoms with Crippen LogP contribution in [0.5, 0.6) is 0 Å². The van der Waals surface area contributed by atoms with E-state index in [1.54, 1.807) is 72.8 Å².